The number of ether oxygens (including phenoxy) is 4. The molecule has 6 aliphatic carbocycles. The van der Waals surface area contributed by atoms with Gasteiger partial charge in [0.2, 0.25) is 0 Å². The first kappa shape index (κ1) is 10.9. The van der Waals surface area contributed by atoms with E-state index in [0.29, 0.717) is 29.6 Å². The summed E-state index contributed by atoms with van der Waals surface area (Å²) < 4.78 is 25.1. The molecule has 8 fully saturated rings. The minimum atomic E-state index is -0.384. The summed E-state index contributed by atoms with van der Waals surface area (Å²) in [6.45, 7) is 5.38. The maximum absolute atomic E-state index is 6.28. The summed E-state index contributed by atoms with van der Waals surface area (Å²) in [5.74, 6) is 2.94. The van der Waals surface area contributed by atoms with Crippen LogP contribution in [0.1, 0.15) is 6.92 Å². The summed E-state index contributed by atoms with van der Waals surface area (Å²) in [5.41, 5.74) is 0.199. The van der Waals surface area contributed by atoms with Crippen LogP contribution in [0.15, 0.2) is 0 Å². The van der Waals surface area contributed by atoms with E-state index in [1.54, 1.807) is 0 Å². The molecule has 2 spiro atoms. The number of hydrogen-bond acceptors (Lipinski definition) is 4. The van der Waals surface area contributed by atoms with Crippen LogP contribution in [0, 0.1) is 40.9 Å². The normalized spacial score (nSPS) is 71.1. The molecule has 0 radical (unpaired) electrons. The molecule has 2 aliphatic heterocycles. The SMILES string of the molecule is C[C@@]12[C@@H]3[C@H]4[C@@H]([C@@H]5[C@@H]1[C@@H]3[C@@]5(Br)C41OCCO1)C21OCCO1. The standard InChI is InChI=1S/C15H17BrO4/c1-12-6-8-7(12)10-11(14(12)17-2-3-18-14)9(6)13(8,16)15(10)19-4-5-20-15/h6-11H,2-5H2,1H3/t6-,7-,8-,9-,10-,11+,12-,13-/m0/s1. The van der Waals surface area contributed by atoms with Gasteiger partial charge in [-0.15, -0.1) is 0 Å². The Kier molecular flexibility index (Phi) is 1.40. The Bertz CT molecular complexity index is 518. The van der Waals surface area contributed by atoms with E-state index < -0.39 is 0 Å². The minimum Gasteiger partial charge on any atom is -0.347 e. The highest BCUT2D eigenvalue weighted by Crippen LogP contribution is 3.00. The Morgan fingerprint density at radius 3 is 1.75 bits per heavy atom. The Hall–Kier alpha value is 0.320. The van der Waals surface area contributed by atoms with Crippen molar-refractivity contribution < 1.29 is 18.9 Å². The van der Waals surface area contributed by atoms with Crippen molar-refractivity contribution in [3.63, 3.8) is 0 Å². The first-order valence-electron chi connectivity index (χ1n) is 7.89. The van der Waals surface area contributed by atoms with Gasteiger partial charge in [-0.05, 0) is 23.7 Å². The summed E-state index contributed by atoms with van der Waals surface area (Å²) >= 11 is 4.12. The summed E-state index contributed by atoms with van der Waals surface area (Å²) in [6, 6.07) is 0. The van der Waals surface area contributed by atoms with Crippen LogP contribution in [0.4, 0.5) is 0 Å². The Morgan fingerprint density at radius 1 is 0.700 bits per heavy atom. The van der Waals surface area contributed by atoms with Crippen molar-refractivity contribution in [2.45, 2.75) is 22.8 Å². The van der Waals surface area contributed by atoms with E-state index in [1.165, 1.54) is 0 Å². The highest BCUT2D eigenvalue weighted by Gasteiger charge is 3.07. The molecule has 4 bridgehead atoms. The molecule has 8 rings (SSSR count). The van der Waals surface area contributed by atoms with Gasteiger partial charge in [0.05, 0.1) is 30.8 Å². The fourth-order valence-corrected chi connectivity index (χ4v) is 9.98. The third-order valence-electron chi connectivity index (χ3n) is 8.27. The van der Waals surface area contributed by atoms with Gasteiger partial charge in [0, 0.05) is 17.3 Å². The van der Waals surface area contributed by atoms with Crippen LogP contribution in [-0.4, -0.2) is 42.3 Å². The second kappa shape index (κ2) is 2.56. The first-order valence-corrected chi connectivity index (χ1v) is 8.69. The summed E-state index contributed by atoms with van der Waals surface area (Å²) in [5, 5.41) is 0. The lowest BCUT2D eigenvalue weighted by atomic mass is 9.35. The van der Waals surface area contributed by atoms with Crippen LogP contribution in [0.3, 0.4) is 0 Å². The van der Waals surface area contributed by atoms with Crippen LogP contribution < -0.4 is 0 Å². The van der Waals surface area contributed by atoms with Gasteiger partial charge in [-0.1, -0.05) is 22.9 Å². The molecular formula is C15H17BrO4. The Labute approximate surface area is 125 Å². The number of halogens is 1. The van der Waals surface area contributed by atoms with Crippen molar-refractivity contribution in [2.24, 2.45) is 40.9 Å². The molecule has 0 aromatic rings. The highest BCUT2D eigenvalue weighted by molar-refractivity contribution is 9.10. The van der Waals surface area contributed by atoms with Crippen LogP contribution in [0.2, 0.25) is 0 Å². The molecule has 0 unspecified atom stereocenters. The largest absolute Gasteiger partial charge is 0.347 e. The van der Waals surface area contributed by atoms with Crippen LogP contribution >= 0.6 is 15.9 Å². The molecule has 108 valence electrons. The third-order valence-corrected chi connectivity index (χ3v) is 9.88. The number of rotatable bonds is 0. The molecule has 8 atom stereocenters. The van der Waals surface area contributed by atoms with Crippen LogP contribution in [0.5, 0.6) is 0 Å². The average Bonchev–Trinajstić information content (AvgIpc) is 3.19. The van der Waals surface area contributed by atoms with Gasteiger partial charge >= 0.3 is 0 Å². The predicted molar refractivity (Wildman–Crippen MR) is 70.0 cm³/mol. The van der Waals surface area contributed by atoms with Crippen molar-refractivity contribution >= 4 is 15.9 Å². The minimum absolute atomic E-state index is 0.0412. The van der Waals surface area contributed by atoms with Crippen molar-refractivity contribution in [3.8, 4) is 0 Å². The maximum atomic E-state index is 6.28. The Morgan fingerprint density at radius 2 is 1.15 bits per heavy atom. The van der Waals surface area contributed by atoms with Gasteiger partial charge in [0.15, 0.2) is 11.6 Å². The van der Waals surface area contributed by atoms with Gasteiger partial charge in [0.25, 0.3) is 0 Å². The molecule has 0 aromatic carbocycles. The zero-order chi connectivity index (χ0) is 13.1. The molecule has 2 heterocycles. The molecule has 6 saturated carbocycles. The van der Waals surface area contributed by atoms with E-state index in [1.807, 2.05) is 0 Å². The molecule has 2 saturated heterocycles. The predicted octanol–water partition coefficient (Wildman–Crippen LogP) is 1.38. The van der Waals surface area contributed by atoms with E-state index in [9.17, 15) is 0 Å². The molecule has 8 aliphatic rings. The van der Waals surface area contributed by atoms with Gasteiger partial charge in [-0.25, -0.2) is 0 Å². The van der Waals surface area contributed by atoms with Crippen molar-refractivity contribution in [1.29, 1.82) is 0 Å². The summed E-state index contributed by atoms with van der Waals surface area (Å²) in [6.07, 6.45) is 0. The zero-order valence-corrected chi connectivity index (χ0v) is 12.9. The Balaban J connectivity index is 1.53. The third kappa shape index (κ3) is 0.592. The molecule has 4 nitrogen and oxygen atoms in total. The second-order valence-electron chi connectivity index (χ2n) is 7.93. The molecule has 0 aromatic heterocycles. The van der Waals surface area contributed by atoms with E-state index >= 15 is 0 Å². The highest BCUT2D eigenvalue weighted by atomic mass is 79.9. The first-order chi connectivity index (χ1) is 9.65. The van der Waals surface area contributed by atoms with E-state index in [2.05, 4.69) is 22.9 Å². The topological polar surface area (TPSA) is 36.9 Å². The maximum Gasteiger partial charge on any atom is 0.187 e. The summed E-state index contributed by atoms with van der Waals surface area (Å²) in [7, 11) is 0. The number of hydrogen-bond donors (Lipinski definition) is 0. The van der Waals surface area contributed by atoms with Gasteiger partial charge in [0.1, 0.15) is 0 Å². The molecular weight excluding hydrogens is 324 g/mol. The molecule has 0 amide bonds. The smallest absolute Gasteiger partial charge is 0.187 e. The van der Waals surface area contributed by atoms with E-state index in [4.69, 9.17) is 18.9 Å². The fraction of sp³-hybridized carbons (Fsp3) is 1.00. The van der Waals surface area contributed by atoms with Crippen molar-refractivity contribution in [3.05, 3.63) is 0 Å². The lowest BCUT2D eigenvalue weighted by Crippen LogP contribution is -2.74. The molecule has 20 heavy (non-hydrogen) atoms. The lowest BCUT2D eigenvalue weighted by Gasteiger charge is -2.71. The van der Waals surface area contributed by atoms with Gasteiger partial charge < -0.3 is 18.9 Å². The van der Waals surface area contributed by atoms with Crippen molar-refractivity contribution in [2.75, 3.05) is 26.4 Å². The lowest BCUT2D eigenvalue weighted by molar-refractivity contribution is -0.289. The van der Waals surface area contributed by atoms with Crippen molar-refractivity contribution in [1.82, 2.24) is 0 Å². The molecule has 0 N–H and O–H groups in total. The number of alkyl halides is 1. The van der Waals surface area contributed by atoms with Gasteiger partial charge in [-0.2, -0.15) is 0 Å². The average molecular weight is 341 g/mol. The van der Waals surface area contributed by atoms with Crippen LogP contribution in [-0.2, 0) is 18.9 Å². The van der Waals surface area contributed by atoms with E-state index in [0.717, 1.165) is 32.3 Å². The molecule has 5 heteroatoms. The quantitative estimate of drug-likeness (QED) is 0.624. The van der Waals surface area contributed by atoms with E-state index in [-0.39, 0.29) is 21.3 Å². The zero-order valence-electron chi connectivity index (χ0n) is 11.3. The van der Waals surface area contributed by atoms with Gasteiger partial charge in [-0.3, -0.25) is 0 Å². The fourth-order valence-electron chi connectivity index (χ4n) is 8.35. The summed E-state index contributed by atoms with van der Waals surface area (Å²) in [4.78, 5) is 0. The monoisotopic (exact) mass is 340 g/mol. The van der Waals surface area contributed by atoms with Crippen LogP contribution in [0.25, 0.3) is 0 Å². The second-order valence-corrected chi connectivity index (χ2v) is 9.25.